The molecule has 0 radical (unpaired) electrons. The zero-order chi connectivity index (χ0) is 16.1. The number of esters is 1. The molecule has 0 atom stereocenters. The largest absolute Gasteiger partial charge is 0.462 e. The molecule has 2 N–H and O–H groups in total. The van der Waals surface area contributed by atoms with Gasteiger partial charge in [0, 0.05) is 25.5 Å². The van der Waals surface area contributed by atoms with Crippen molar-refractivity contribution in [3.05, 3.63) is 42.5 Å². The Morgan fingerprint density at radius 2 is 2.35 bits per heavy atom. The first-order valence-electron chi connectivity index (χ1n) is 7.63. The Morgan fingerprint density at radius 3 is 3.13 bits per heavy atom. The molecule has 0 aliphatic carbocycles. The molecule has 3 rings (SSSR count). The van der Waals surface area contributed by atoms with Gasteiger partial charge in [-0.05, 0) is 31.5 Å². The van der Waals surface area contributed by atoms with Crippen molar-refractivity contribution in [3.8, 4) is 0 Å². The highest BCUT2D eigenvalue weighted by Gasteiger charge is 2.09. The average Bonchev–Trinajstić information content (AvgIpc) is 3.20. The number of nitrogens with zero attached hydrogens (tertiary/aromatic N) is 3. The fraction of sp³-hybridized carbons (Fsp3) is 0.312. The number of ether oxygens (including phenoxy) is 1. The molecule has 2 heterocycles. The number of hydrogen-bond donors (Lipinski definition) is 2. The first-order chi connectivity index (χ1) is 11.3. The molecule has 3 aromatic rings. The van der Waals surface area contributed by atoms with E-state index < -0.39 is 0 Å². The van der Waals surface area contributed by atoms with Crippen molar-refractivity contribution in [2.45, 2.75) is 19.9 Å². The predicted molar refractivity (Wildman–Crippen MR) is 87.4 cm³/mol. The monoisotopic (exact) mass is 313 g/mol. The second kappa shape index (κ2) is 6.95. The standard InChI is InChI=1S/C16H19N5O2/c1-2-23-15(22)12-4-5-13-14(10-12)20-16(19-13)18-6-3-8-21-9-7-17-11-21/h4-5,7,9-11H,2-3,6,8H2,1H3,(H2,18,19,20). The minimum Gasteiger partial charge on any atom is -0.462 e. The summed E-state index contributed by atoms with van der Waals surface area (Å²) in [6.07, 6.45) is 6.48. The molecule has 7 heteroatoms. The van der Waals surface area contributed by atoms with Gasteiger partial charge in [-0.2, -0.15) is 0 Å². The van der Waals surface area contributed by atoms with Gasteiger partial charge in [-0.1, -0.05) is 0 Å². The van der Waals surface area contributed by atoms with Crippen molar-refractivity contribution in [2.75, 3.05) is 18.5 Å². The highest BCUT2D eigenvalue weighted by Crippen LogP contribution is 2.17. The molecular weight excluding hydrogens is 294 g/mol. The van der Waals surface area contributed by atoms with E-state index in [4.69, 9.17) is 4.74 Å². The Kier molecular flexibility index (Phi) is 4.56. The zero-order valence-electron chi connectivity index (χ0n) is 13.0. The third-order valence-electron chi connectivity index (χ3n) is 3.44. The molecule has 1 aromatic carbocycles. The molecule has 2 aromatic heterocycles. The number of aromatic nitrogens is 4. The maximum Gasteiger partial charge on any atom is 0.338 e. The van der Waals surface area contributed by atoms with Crippen molar-refractivity contribution in [3.63, 3.8) is 0 Å². The number of hydrogen-bond acceptors (Lipinski definition) is 5. The van der Waals surface area contributed by atoms with E-state index in [9.17, 15) is 4.79 Å². The van der Waals surface area contributed by atoms with E-state index in [1.54, 1.807) is 31.6 Å². The van der Waals surface area contributed by atoms with Crippen LogP contribution in [0.2, 0.25) is 0 Å². The Hall–Kier alpha value is -2.83. The van der Waals surface area contributed by atoms with Gasteiger partial charge in [0.05, 0.1) is 29.5 Å². The molecule has 7 nitrogen and oxygen atoms in total. The van der Waals surface area contributed by atoms with Crippen LogP contribution >= 0.6 is 0 Å². The molecule has 0 amide bonds. The summed E-state index contributed by atoms with van der Waals surface area (Å²) in [7, 11) is 0. The summed E-state index contributed by atoms with van der Waals surface area (Å²) in [5, 5.41) is 3.25. The van der Waals surface area contributed by atoms with Crippen LogP contribution in [-0.2, 0) is 11.3 Å². The minimum atomic E-state index is -0.321. The number of carbonyl (C=O) groups excluding carboxylic acids is 1. The Bertz CT molecular complexity index is 779. The smallest absolute Gasteiger partial charge is 0.338 e. The van der Waals surface area contributed by atoms with Crippen molar-refractivity contribution in [1.82, 2.24) is 19.5 Å². The Labute approximate surface area is 133 Å². The molecule has 0 saturated heterocycles. The summed E-state index contributed by atoms with van der Waals surface area (Å²) in [5.41, 5.74) is 2.15. The van der Waals surface area contributed by atoms with Crippen LogP contribution in [0, 0.1) is 0 Å². The Balaban J connectivity index is 1.59. The number of rotatable bonds is 7. The number of anilines is 1. The van der Waals surface area contributed by atoms with Crippen LogP contribution in [0.5, 0.6) is 0 Å². The molecule has 0 spiro atoms. The van der Waals surface area contributed by atoms with Gasteiger partial charge in [-0.15, -0.1) is 0 Å². The second-order valence-electron chi connectivity index (χ2n) is 5.12. The van der Waals surface area contributed by atoms with Gasteiger partial charge in [0.25, 0.3) is 0 Å². The van der Waals surface area contributed by atoms with Crippen LogP contribution in [0.1, 0.15) is 23.7 Å². The third-order valence-corrected chi connectivity index (χ3v) is 3.44. The summed E-state index contributed by atoms with van der Waals surface area (Å²) in [4.78, 5) is 23.4. The fourth-order valence-electron chi connectivity index (χ4n) is 2.32. The summed E-state index contributed by atoms with van der Waals surface area (Å²) < 4.78 is 7.04. The van der Waals surface area contributed by atoms with E-state index >= 15 is 0 Å². The molecule has 0 saturated carbocycles. The van der Waals surface area contributed by atoms with Gasteiger partial charge in [0.2, 0.25) is 5.95 Å². The number of aromatic amines is 1. The SMILES string of the molecule is CCOC(=O)c1ccc2nc(NCCCn3ccnc3)[nH]c2c1. The average molecular weight is 313 g/mol. The Morgan fingerprint density at radius 1 is 1.43 bits per heavy atom. The molecule has 120 valence electrons. The number of aryl methyl sites for hydroxylation is 1. The maximum atomic E-state index is 11.7. The number of fused-ring (bicyclic) bond motifs is 1. The molecular formula is C16H19N5O2. The molecule has 0 fully saturated rings. The topological polar surface area (TPSA) is 84.8 Å². The first-order valence-corrected chi connectivity index (χ1v) is 7.63. The lowest BCUT2D eigenvalue weighted by molar-refractivity contribution is 0.0526. The van der Waals surface area contributed by atoms with E-state index in [0.717, 1.165) is 30.5 Å². The highest BCUT2D eigenvalue weighted by atomic mass is 16.5. The van der Waals surface area contributed by atoms with Gasteiger partial charge in [-0.25, -0.2) is 14.8 Å². The summed E-state index contributed by atoms with van der Waals surface area (Å²) in [5.74, 6) is 0.380. The number of benzene rings is 1. The van der Waals surface area contributed by atoms with Crippen molar-refractivity contribution in [1.29, 1.82) is 0 Å². The van der Waals surface area contributed by atoms with Crippen LogP contribution in [0.4, 0.5) is 5.95 Å². The minimum absolute atomic E-state index is 0.321. The number of H-pyrrole nitrogens is 1. The van der Waals surface area contributed by atoms with E-state index in [1.807, 2.05) is 16.8 Å². The maximum absolute atomic E-state index is 11.7. The number of carbonyl (C=O) groups is 1. The van der Waals surface area contributed by atoms with E-state index in [2.05, 4.69) is 20.3 Å². The van der Waals surface area contributed by atoms with E-state index in [0.29, 0.717) is 18.1 Å². The third kappa shape index (κ3) is 3.68. The predicted octanol–water partition coefficient (Wildman–Crippen LogP) is 2.44. The second-order valence-corrected chi connectivity index (χ2v) is 5.12. The summed E-state index contributed by atoms with van der Waals surface area (Å²) in [6.45, 7) is 3.85. The van der Waals surface area contributed by atoms with Crippen LogP contribution in [-0.4, -0.2) is 38.6 Å². The molecule has 0 bridgehead atoms. The summed E-state index contributed by atoms with van der Waals surface area (Å²) in [6, 6.07) is 5.30. The normalized spacial score (nSPS) is 10.8. The lowest BCUT2D eigenvalue weighted by Crippen LogP contribution is -2.06. The van der Waals surface area contributed by atoms with Crippen molar-refractivity contribution < 1.29 is 9.53 Å². The molecule has 23 heavy (non-hydrogen) atoms. The summed E-state index contributed by atoms with van der Waals surface area (Å²) >= 11 is 0. The highest BCUT2D eigenvalue weighted by molar-refractivity contribution is 5.93. The molecule has 0 unspecified atom stereocenters. The fourth-order valence-corrected chi connectivity index (χ4v) is 2.32. The van der Waals surface area contributed by atoms with Crippen LogP contribution in [0.25, 0.3) is 11.0 Å². The van der Waals surface area contributed by atoms with Crippen LogP contribution in [0.15, 0.2) is 36.9 Å². The number of imidazole rings is 2. The van der Waals surface area contributed by atoms with Crippen LogP contribution in [0.3, 0.4) is 0 Å². The number of nitrogens with one attached hydrogen (secondary N) is 2. The zero-order valence-corrected chi connectivity index (χ0v) is 13.0. The molecule has 0 aliphatic rings. The first kappa shape index (κ1) is 15.1. The quantitative estimate of drug-likeness (QED) is 0.517. The van der Waals surface area contributed by atoms with E-state index in [1.165, 1.54) is 0 Å². The van der Waals surface area contributed by atoms with Gasteiger partial charge < -0.3 is 19.6 Å². The lowest BCUT2D eigenvalue weighted by atomic mass is 10.2. The molecule has 0 aliphatic heterocycles. The van der Waals surface area contributed by atoms with Crippen molar-refractivity contribution >= 4 is 23.0 Å². The van der Waals surface area contributed by atoms with Crippen molar-refractivity contribution in [2.24, 2.45) is 0 Å². The van der Waals surface area contributed by atoms with E-state index in [-0.39, 0.29) is 5.97 Å². The van der Waals surface area contributed by atoms with Gasteiger partial charge in [0.1, 0.15) is 0 Å². The van der Waals surface area contributed by atoms with Gasteiger partial charge in [-0.3, -0.25) is 0 Å². The lowest BCUT2D eigenvalue weighted by Gasteiger charge is -2.03. The van der Waals surface area contributed by atoms with Crippen LogP contribution < -0.4 is 5.32 Å². The van der Waals surface area contributed by atoms with Gasteiger partial charge in [0.15, 0.2) is 0 Å². The van der Waals surface area contributed by atoms with Gasteiger partial charge >= 0.3 is 5.97 Å².